The molecule has 0 heterocycles. The van der Waals surface area contributed by atoms with Gasteiger partial charge in [0, 0.05) is 24.5 Å². The first-order valence-corrected chi connectivity index (χ1v) is 5.41. The highest BCUT2D eigenvalue weighted by molar-refractivity contribution is 5.90. The number of carbonyl (C=O) groups is 1. The van der Waals surface area contributed by atoms with E-state index < -0.39 is 0 Å². The van der Waals surface area contributed by atoms with Crippen LogP contribution in [-0.4, -0.2) is 5.78 Å². The molecule has 1 aromatic rings. The van der Waals surface area contributed by atoms with Crippen molar-refractivity contribution in [1.82, 2.24) is 0 Å². The summed E-state index contributed by atoms with van der Waals surface area (Å²) < 4.78 is 5.59. The minimum Gasteiger partial charge on any atom is -0.462 e. The van der Waals surface area contributed by atoms with Crippen LogP contribution in [-0.2, 0) is 9.53 Å². The van der Waals surface area contributed by atoms with Crippen molar-refractivity contribution < 1.29 is 9.53 Å². The second-order valence-electron chi connectivity index (χ2n) is 3.82. The molecule has 2 nitrogen and oxygen atoms in total. The maximum atomic E-state index is 11.2. The van der Waals surface area contributed by atoms with Crippen LogP contribution < -0.4 is 0 Å². The zero-order valence-electron chi connectivity index (χ0n) is 9.11. The molecule has 0 N–H and O–H groups in total. The Morgan fingerprint density at radius 3 is 2.62 bits per heavy atom. The van der Waals surface area contributed by atoms with Crippen LogP contribution in [0.2, 0.25) is 0 Å². The quantitative estimate of drug-likeness (QED) is 0.721. The van der Waals surface area contributed by atoms with Gasteiger partial charge in [0.05, 0.1) is 0 Å². The number of hydrogen-bond donors (Lipinski definition) is 0. The van der Waals surface area contributed by atoms with Crippen molar-refractivity contribution in [3.63, 3.8) is 0 Å². The van der Waals surface area contributed by atoms with Crippen molar-refractivity contribution in [3.05, 3.63) is 54.3 Å². The summed E-state index contributed by atoms with van der Waals surface area (Å²) in [5, 5.41) is 0. The Hall–Kier alpha value is -1.83. The molecular formula is C14H14O2. The highest BCUT2D eigenvalue weighted by Gasteiger charge is 2.12. The van der Waals surface area contributed by atoms with Crippen LogP contribution in [0, 0.1) is 0 Å². The van der Waals surface area contributed by atoms with Gasteiger partial charge < -0.3 is 4.74 Å². The van der Waals surface area contributed by atoms with Gasteiger partial charge in [0.15, 0.2) is 5.78 Å². The molecule has 2 heteroatoms. The first-order valence-electron chi connectivity index (χ1n) is 5.41. The first kappa shape index (κ1) is 10.7. The topological polar surface area (TPSA) is 26.3 Å². The minimum absolute atomic E-state index is 0.141. The number of ether oxygens (including phenoxy) is 1. The maximum absolute atomic E-state index is 11.2. The van der Waals surface area contributed by atoms with E-state index in [-0.39, 0.29) is 5.78 Å². The van der Waals surface area contributed by atoms with Gasteiger partial charge in [0.1, 0.15) is 11.5 Å². The molecule has 0 saturated heterocycles. The second-order valence-corrected chi connectivity index (χ2v) is 3.82. The van der Waals surface area contributed by atoms with E-state index in [2.05, 4.69) is 6.58 Å². The Balaban J connectivity index is 2.05. The summed E-state index contributed by atoms with van der Waals surface area (Å²) in [5.74, 6) is 1.47. The lowest BCUT2D eigenvalue weighted by Gasteiger charge is -2.15. The third kappa shape index (κ3) is 2.60. The molecule has 0 atom stereocenters. The molecule has 0 aromatic heterocycles. The van der Waals surface area contributed by atoms with Crippen LogP contribution in [0.3, 0.4) is 0 Å². The Bertz CT molecular complexity index is 429. The van der Waals surface area contributed by atoms with Crippen LogP contribution in [0.15, 0.2) is 48.7 Å². The van der Waals surface area contributed by atoms with Crippen molar-refractivity contribution >= 4 is 11.5 Å². The van der Waals surface area contributed by atoms with E-state index >= 15 is 0 Å². The van der Waals surface area contributed by atoms with Gasteiger partial charge in [-0.05, 0) is 6.42 Å². The van der Waals surface area contributed by atoms with E-state index in [1.54, 1.807) is 6.08 Å². The third-order valence-electron chi connectivity index (χ3n) is 2.52. The van der Waals surface area contributed by atoms with Crippen LogP contribution in [0.5, 0.6) is 0 Å². The summed E-state index contributed by atoms with van der Waals surface area (Å²) in [6.07, 6.45) is 3.90. The Morgan fingerprint density at radius 1 is 1.19 bits per heavy atom. The number of allylic oxidation sites excluding steroid dienone is 2. The molecule has 1 aliphatic rings. The van der Waals surface area contributed by atoms with Crippen molar-refractivity contribution in [2.45, 2.75) is 19.3 Å². The lowest BCUT2D eigenvalue weighted by atomic mass is 10.1. The molecule has 0 saturated carbocycles. The van der Waals surface area contributed by atoms with E-state index in [4.69, 9.17) is 4.74 Å². The smallest absolute Gasteiger partial charge is 0.159 e. The average molecular weight is 214 g/mol. The predicted molar refractivity (Wildman–Crippen MR) is 63.5 cm³/mol. The van der Waals surface area contributed by atoms with E-state index in [0.29, 0.717) is 12.2 Å². The van der Waals surface area contributed by atoms with Crippen molar-refractivity contribution in [1.29, 1.82) is 0 Å². The Morgan fingerprint density at radius 2 is 1.94 bits per heavy atom. The minimum atomic E-state index is 0.141. The summed E-state index contributed by atoms with van der Waals surface area (Å²) in [7, 11) is 0. The number of carbonyl (C=O) groups excluding carboxylic acids is 1. The van der Waals surface area contributed by atoms with Gasteiger partial charge in [-0.1, -0.05) is 36.9 Å². The van der Waals surface area contributed by atoms with E-state index in [1.165, 1.54) is 0 Å². The second kappa shape index (κ2) is 4.79. The monoisotopic (exact) mass is 214 g/mol. The molecule has 1 aliphatic carbocycles. The average Bonchev–Trinajstić information content (AvgIpc) is 2.30. The Labute approximate surface area is 95.2 Å². The van der Waals surface area contributed by atoms with Crippen LogP contribution in [0.25, 0.3) is 5.76 Å². The van der Waals surface area contributed by atoms with Crippen LogP contribution >= 0.6 is 0 Å². The maximum Gasteiger partial charge on any atom is 0.159 e. The zero-order chi connectivity index (χ0) is 11.4. The molecule has 82 valence electrons. The SMILES string of the molecule is C=C(OC1=CC(=O)CCC1)c1ccccc1. The first-order chi connectivity index (χ1) is 7.75. The summed E-state index contributed by atoms with van der Waals surface area (Å²) >= 11 is 0. The fourth-order valence-electron chi connectivity index (χ4n) is 1.68. The molecule has 0 radical (unpaired) electrons. The molecule has 0 spiro atoms. The molecule has 0 amide bonds. The van der Waals surface area contributed by atoms with Gasteiger partial charge in [0.2, 0.25) is 0 Å². The van der Waals surface area contributed by atoms with Crippen molar-refractivity contribution in [2.75, 3.05) is 0 Å². The fourth-order valence-corrected chi connectivity index (χ4v) is 1.68. The molecule has 16 heavy (non-hydrogen) atoms. The normalized spacial score (nSPS) is 15.5. The van der Waals surface area contributed by atoms with Gasteiger partial charge in [-0.15, -0.1) is 0 Å². The Kier molecular flexibility index (Phi) is 3.20. The zero-order valence-corrected chi connectivity index (χ0v) is 9.11. The molecule has 0 fully saturated rings. The summed E-state index contributed by atoms with van der Waals surface area (Å²) in [6, 6.07) is 9.69. The molecule has 0 bridgehead atoms. The number of ketones is 1. The lowest BCUT2D eigenvalue weighted by molar-refractivity contribution is -0.115. The third-order valence-corrected chi connectivity index (χ3v) is 2.52. The van der Waals surface area contributed by atoms with Crippen molar-refractivity contribution in [3.8, 4) is 0 Å². The van der Waals surface area contributed by atoms with Gasteiger partial charge in [0.25, 0.3) is 0 Å². The molecule has 1 aromatic carbocycles. The molecule has 2 rings (SSSR count). The summed E-state index contributed by atoms with van der Waals surface area (Å²) in [5.41, 5.74) is 0.946. The lowest BCUT2D eigenvalue weighted by Crippen LogP contribution is -2.04. The number of benzene rings is 1. The highest BCUT2D eigenvalue weighted by atomic mass is 16.5. The summed E-state index contributed by atoms with van der Waals surface area (Å²) in [6.45, 7) is 3.87. The van der Waals surface area contributed by atoms with E-state index in [0.717, 1.165) is 24.2 Å². The van der Waals surface area contributed by atoms with E-state index in [9.17, 15) is 4.79 Å². The predicted octanol–water partition coefficient (Wildman–Crippen LogP) is 3.31. The van der Waals surface area contributed by atoms with Gasteiger partial charge in [-0.25, -0.2) is 0 Å². The van der Waals surface area contributed by atoms with Gasteiger partial charge >= 0.3 is 0 Å². The van der Waals surface area contributed by atoms with Crippen LogP contribution in [0.4, 0.5) is 0 Å². The number of rotatable bonds is 3. The van der Waals surface area contributed by atoms with Gasteiger partial charge in [-0.2, -0.15) is 0 Å². The fraction of sp³-hybridized carbons (Fsp3) is 0.214. The van der Waals surface area contributed by atoms with Crippen LogP contribution in [0.1, 0.15) is 24.8 Å². The number of hydrogen-bond acceptors (Lipinski definition) is 2. The summed E-state index contributed by atoms with van der Waals surface area (Å²) in [4.78, 5) is 11.2. The van der Waals surface area contributed by atoms with E-state index in [1.807, 2.05) is 30.3 Å². The highest BCUT2D eigenvalue weighted by Crippen LogP contribution is 2.23. The van der Waals surface area contributed by atoms with Gasteiger partial charge in [-0.3, -0.25) is 4.79 Å². The molecule has 0 unspecified atom stereocenters. The standard InChI is InChI=1S/C14H14O2/c1-11(12-6-3-2-4-7-12)16-14-9-5-8-13(15)10-14/h2-4,6-7,10H,1,5,8-9H2. The van der Waals surface area contributed by atoms with Crippen molar-refractivity contribution in [2.24, 2.45) is 0 Å². The largest absolute Gasteiger partial charge is 0.462 e. The molecular weight excluding hydrogens is 200 g/mol. The molecule has 0 aliphatic heterocycles.